The summed E-state index contributed by atoms with van der Waals surface area (Å²) in [7, 11) is 0. The third-order valence-electron chi connectivity index (χ3n) is 5.45. The quantitative estimate of drug-likeness (QED) is 0.884. The van der Waals surface area contributed by atoms with Gasteiger partial charge in [-0.2, -0.15) is 4.68 Å². The first-order valence-electron chi connectivity index (χ1n) is 8.94. The largest absolute Gasteiger partial charge is 0.339 e. The highest BCUT2D eigenvalue weighted by Gasteiger charge is 2.35. The topological polar surface area (TPSA) is 70.9 Å². The molecule has 0 spiro atoms. The Balaban J connectivity index is 1.45. The minimum atomic E-state index is 0.599. The van der Waals surface area contributed by atoms with E-state index in [0.29, 0.717) is 6.04 Å². The number of piperidine rings is 1. The van der Waals surface area contributed by atoms with Crippen molar-refractivity contribution in [1.82, 2.24) is 31.1 Å². The van der Waals surface area contributed by atoms with E-state index in [1.807, 2.05) is 35.0 Å². The minimum absolute atomic E-state index is 0.599. The summed E-state index contributed by atoms with van der Waals surface area (Å²) in [5.41, 5.74) is 7.85. The summed E-state index contributed by atoms with van der Waals surface area (Å²) in [4.78, 5) is 2.31. The van der Waals surface area contributed by atoms with Crippen LogP contribution in [0, 0.1) is 11.8 Å². The fourth-order valence-corrected chi connectivity index (χ4v) is 4.03. The third kappa shape index (κ3) is 2.89. The molecule has 7 nitrogen and oxygen atoms in total. The van der Waals surface area contributed by atoms with E-state index in [4.69, 9.17) is 0 Å². The first-order valence-corrected chi connectivity index (χ1v) is 8.94. The highest BCUT2D eigenvalue weighted by molar-refractivity contribution is 5.40. The standard InChI is InChI=1S/C17H25N7/c1-2-13-12-18-19-16(13)14-8-10-23(11-9-14)17-20-21-22-24(17)15-6-4-3-5-7-15/h3-7,13-14,16,18-19H,2,8-12H2,1H3. The van der Waals surface area contributed by atoms with E-state index in [9.17, 15) is 0 Å². The zero-order chi connectivity index (χ0) is 16.4. The van der Waals surface area contributed by atoms with Crippen molar-refractivity contribution in [2.24, 2.45) is 11.8 Å². The van der Waals surface area contributed by atoms with E-state index in [1.54, 1.807) is 0 Å². The van der Waals surface area contributed by atoms with Gasteiger partial charge in [-0.25, -0.2) is 0 Å². The molecule has 0 aliphatic carbocycles. The number of hydrogen-bond acceptors (Lipinski definition) is 6. The second-order valence-electron chi connectivity index (χ2n) is 6.77. The molecule has 2 unspecified atom stereocenters. The highest BCUT2D eigenvalue weighted by atomic mass is 15.6. The zero-order valence-electron chi connectivity index (χ0n) is 14.1. The van der Waals surface area contributed by atoms with E-state index >= 15 is 0 Å². The smallest absolute Gasteiger partial charge is 0.250 e. The Morgan fingerprint density at radius 1 is 1.17 bits per heavy atom. The first-order chi connectivity index (χ1) is 11.9. The molecule has 2 aromatic rings. The maximum Gasteiger partial charge on any atom is 0.250 e. The Morgan fingerprint density at radius 3 is 2.71 bits per heavy atom. The fraction of sp³-hybridized carbons (Fsp3) is 0.588. The van der Waals surface area contributed by atoms with Crippen LogP contribution in [-0.4, -0.2) is 45.9 Å². The molecule has 2 saturated heterocycles. The molecular weight excluding hydrogens is 302 g/mol. The fourth-order valence-electron chi connectivity index (χ4n) is 4.03. The van der Waals surface area contributed by atoms with Gasteiger partial charge in [-0.3, -0.25) is 10.9 Å². The van der Waals surface area contributed by atoms with E-state index < -0.39 is 0 Å². The van der Waals surface area contributed by atoms with E-state index in [0.717, 1.165) is 43.1 Å². The number of nitrogens with one attached hydrogen (secondary N) is 2. The molecule has 1 aromatic heterocycles. The van der Waals surface area contributed by atoms with Crippen molar-refractivity contribution in [2.75, 3.05) is 24.5 Å². The molecule has 0 radical (unpaired) electrons. The molecule has 24 heavy (non-hydrogen) atoms. The summed E-state index contributed by atoms with van der Waals surface area (Å²) in [5, 5.41) is 12.3. The van der Waals surface area contributed by atoms with Crippen LogP contribution >= 0.6 is 0 Å². The summed E-state index contributed by atoms with van der Waals surface area (Å²) in [6.07, 6.45) is 3.59. The molecule has 4 rings (SSSR count). The maximum atomic E-state index is 4.27. The summed E-state index contributed by atoms with van der Waals surface area (Å²) in [5.74, 6) is 2.32. The number of anilines is 1. The van der Waals surface area contributed by atoms with E-state index in [2.05, 4.69) is 38.2 Å². The average Bonchev–Trinajstić information content (AvgIpc) is 3.32. The number of tetrazole rings is 1. The molecule has 0 amide bonds. The van der Waals surface area contributed by atoms with Crippen LogP contribution in [0.2, 0.25) is 0 Å². The van der Waals surface area contributed by atoms with E-state index in [1.165, 1.54) is 19.3 Å². The number of benzene rings is 1. The number of para-hydroxylation sites is 1. The van der Waals surface area contributed by atoms with Gasteiger partial charge in [0, 0.05) is 25.7 Å². The maximum absolute atomic E-state index is 4.27. The lowest BCUT2D eigenvalue weighted by molar-refractivity contribution is 0.264. The van der Waals surface area contributed by atoms with Crippen molar-refractivity contribution < 1.29 is 0 Å². The van der Waals surface area contributed by atoms with Crippen LogP contribution in [0.4, 0.5) is 5.95 Å². The van der Waals surface area contributed by atoms with Crippen LogP contribution in [0.1, 0.15) is 26.2 Å². The molecule has 0 bridgehead atoms. The number of aromatic nitrogens is 4. The SMILES string of the molecule is CCC1CNNC1C1CCN(c2nnnn2-c2ccccc2)CC1. The van der Waals surface area contributed by atoms with Gasteiger partial charge < -0.3 is 4.90 Å². The van der Waals surface area contributed by atoms with Gasteiger partial charge in [0.25, 0.3) is 0 Å². The van der Waals surface area contributed by atoms with Gasteiger partial charge >= 0.3 is 0 Å². The van der Waals surface area contributed by atoms with Gasteiger partial charge in [0.1, 0.15) is 0 Å². The molecule has 2 aliphatic heterocycles. The minimum Gasteiger partial charge on any atom is -0.339 e. The zero-order valence-corrected chi connectivity index (χ0v) is 14.1. The molecule has 1 aromatic carbocycles. The van der Waals surface area contributed by atoms with Gasteiger partial charge in [-0.15, -0.1) is 0 Å². The Labute approximate surface area is 142 Å². The van der Waals surface area contributed by atoms with Crippen molar-refractivity contribution in [3.8, 4) is 5.69 Å². The number of hydrazine groups is 1. The lowest BCUT2D eigenvalue weighted by atomic mass is 9.82. The lowest BCUT2D eigenvalue weighted by Gasteiger charge is -2.36. The van der Waals surface area contributed by atoms with Gasteiger partial charge in [-0.1, -0.05) is 36.6 Å². The highest BCUT2D eigenvalue weighted by Crippen LogP contribution is 2.29. The van der Waals surface area contributed by atoms with Crippen LogP contribution in [0.5, 0.6) is 0 Å². The van der Waals surface area contributed by atoms with Crippen molar-refractivity contribution in [3.63, 3.8) is 0 Å². The number of hydrogen-bond donors (Lipinski definition) is 2. The Hall–Kier alpha value is -1.99. The Bertz CT molecular complexity index is 648. The summed E-state index contributed by atoms with van der Waals surface area (Å²) in [6.45, 7) is 5.39. The number of rotatable bonds is 4. The van der Waals surface area contributed by atoms with Crippen molar-refractivity contribution in [2.45, 2.75) is 32.2 Å². The molecule has 0 saturated carbocycles. The van der Waals surface area contributed by atoms with Crippen LogP contribution in [0.25, 0.3) is 5.69 Å². The molecule has 3 heterocycles. The van der Waals surface area contributed by atoms with Crippen LogP contribution in [0.3, 0.4) is 0 Å². The molecule has 7 heteroatoms. The lowest BCUT2D eigenvalue weighted by Crippen LogP contribution is -2.45. The predicted molar refractivity (Wildman–Crippen MR) is 92.8 cm³/mol. The second kappa shape index (κ2) is 6.86. The Kier molecular flexibility index (Phi) is 4.44. The average molecular weight is 327 g/mol. The van der Waals surface area contributed by atoms with Crippen LogP contribution in [0.15, 0.2) is 30.3 Å². The third-order valence-corrected chi connectivity index (χ3v) is 5.45. The molecule has 2 fully saturated rings. The van der Waals surface area contributed by atoms with Gasteiger partial charge in [0.15, 0.2) is 0 Å². The van der Waals surface area contributed by atoms with Gasteiger partial charge in [0.05, 0.1) is 5.69 Å². The molecule has 2 atom stereocenters. The van der Waals surface area contributed by atoms with Gasteiger partial charge in [-0.05, 0) is 47.2 Å². The van der Waals surface area contributed by atoms with Crippen molar-refractivity contribution >= 4 is 5.95 Å². The summed E-state index contributed by atoms with van der Waals surface area (Å²) >= 11 is 0. The predicted octanol–water partition coefficient (Wildman–Crippen LogP) is 1.38. The number of nitrogens with zero attached hydrogens (tertiary/aromatic N) is 5. The summed E-state index contributed by atoms with van der Waals surface area (Å²) < 4.78 is 1.84. The summed E-state index contributed by atoms with van der Waals surface area (Å²) in [6, 6.07) is 10.7. The normalized spacial score (nSPS) is 25.3. The Morgan fingerprint density at radius 2 is 1.96 bits per heavy atom. The monoisotopic (exact) mass is 327 g/mol. The molecule has 128 valence electrons. The molecule has 2 aliphatic rings. The van der Waals surface area contributed by atoms with Crippen molar-refractivity contribution in [3.05, 3.63) is 30.3 Å². The van der Waals surface area contributed by atoms with Crippen LogP contribution < -0.4 is 15.8 Å². The van der Waals surface area contributed by atoms with Gasteiger partial charge in [0.2, 0.25) is 5.95 Å². The van der Waals surface area contributed by atoms with E-state index in [-0.39, 0.29) is 0 Å². The molecule has 2 N–H and O–H groups in total. The van der Waals surface area contributed by atoms with Crippen LogP contribution in [-0.2, 0) is 0 Å². The first kappa shape index (κ1) is 15.5. The second-order valence-corrected chi connectivity index (χ2v) is 6.77. The van der Waals surface area contributed by atoms with Crippen molar-refractivity contribution in [1.29, 1.82) is 0 Å². The molecular formula is C17H25N7.